The zero-order chi connectivity index (χ0) is 7.68. The number of hydrogen-bond donors (Lipinski definition) is 1. The van der Waals surface area contributed by atoms with E-state index < -0.39 is 0 Å². The summed E-state index contributed by atoms with van der Waals surface area (Å²) in [4.78, 5) is 3.91. The lowest BCUT2D eigenvalue weighted by Crippen LogP contribution is -1.97. The molecular weight excluding hydrogens is 146 g/mol. The minimum Gasteiger partial charge on any atom is -0.381 e. The molecule has 0 aromatic carbocycles. The van der Waals surface area contributed by atoms with Crippen LogP contribution in [0.15, 0.2) is 4.52 Å². The fraction of sp³-hybridized carbons (Fsp3) is 0.667. The van der Waals surface area contributed by atoms with Crippen molar-refractivity contribution in [3.8, 4) is 0 Å². The van der Waals surface area contributed by atoms with Crippen molar-refractivity contribution in [2.45, 2.75) is 12.3 Å². The molecule has 1 atom stereocenters. The van der Waals surface area contributed by atoms with Gasteiger partial charge in [0.1, 0.15) is 0 Å². The maximum absolute atomic E-state index is 5.29. The molecule has 1 aliphatic rings. The zero-order valence-corrected chi connectivity index (χ0v) is 5.99. The molecule has 1 saturated heterocycles. The van der Waals surface area contributed by atoms with E-state index in [0.717, 1.165) is 13.0 Å². The SMILES string of the molecule is Nc1noc(C2CCOC2)n1. The maximum atomic E-state index is 5.29. The van der Waals surface area contributed by atoms with Crippen LogP contribution in [0.4, 0.5) is 5.95 Å². The summed E-state index contributed by atoms with van der Waals surface area (Å²) >= 11 is 0. The van der Waals surface area contributed by atoms with Gasteiger partial charge >= 0.3 is 0 Å². The summed E-state index contributed by atoms with van der Waals surface area (Å²) in [5.41, 5.74) is 5.29. The second kappa shape index (κ2) is 2.50. The van der Waals surface area contributed by atoms with Crippen LogP contribution in [0.3, 0.4) is 0 Å². The van der Waals surface area contributed by atoms with Gasteiger partial charge in [-0.05, 0) is 11.6 Å². The van der Waals surface area contributed by atoms with E-state index in [1.165, 1.54) is 0 Å². The van der Waals surface area contributed by atoms with Gasteiger partial charge in [-0.3, -0.25) is 0 Å². The normalized spacial score (nSPS) is 24.2. The Morgan fingerprint density at radius 1 is 1.55 bits per heavy atom. The Bertz CT molecular complexity index is 242. The molecule has 0 spiro atoms. The Hall–Kier alpha value is -1.10. The van der Waals surface area contributed by atoms with E-state index in [9.17, 15) is 0 Å². The number of hydrogen-bond acceptors (Lipinski definition) is 5. The Morgan fingerprint density at radius 3 is 3.00 bits per heavy atom. The summed E-state index contributed by atoms with van der Waals surface area (Å²) in [5.74, 6) is 1.05. The van der Waals surface area contributed by atoms with Crippen LogP contribution in [-0.2, 0) is 4.74 Å². The van der Waals surface area contributed by atoms with Crippen LogP contribution in [0, 0.1) is 0 Å². The molecule has 11 heavy (non-hydrogen) atoms. The summed E-state index contributed by atoms with van der Waals surface area (Å²) in [5, 5.41) is 3.50. The summed E-state index contributed by atoms with van der Waals surface area (Å²) in [6.45, 7) is 1.44. The summed E-state index contributed by atoms with van der Waals surface area (Å²) in [7, 11) is 0. The van der Waals surface area contributed by atoms with Crippen LogP contribution in [0.2, 0.25) is 0 Å². The molecule has 2 rings (SSSR count). The number of nitrogens with zero attached hydrogens (tertiary/aromatic N) is 2. The second-order valence-electron chi connectivity index (χ2n) is 2.55. The summed E-state index contributed by atoms with van der Waals surface area (Å²) in [6, 6.07) is 0. The monoisotopic (exact) mass is 155 g/mol. The predicted molar refractivity (Wildman–Crippen MR) is 36.9 cm³/mol. The Kier molecular flexibility index (Phi) is 1.50. The van der Waals surface area contributed by atoms with Crippen LogP contribution >= 0.6 is 0 Å². The highest BCUT2D eigenvalue weighted by molar-refractivity contribution is 5.12. The molecule has 1 fully saturated rings. The molecule has 1 aliphatic heterocycles. The van der Waals surface area contributed by atoms with Crippen LogP contribution in [0.5, 0.6) is 0 Å². The molecule has 0 saturated carbocycles. The molecule has 0 bridgehead atoms. The fourth-order valence-corrected chi connectivity index (χ4v) is 1.14. The molecular formula is C6H9N3O2. The first-order chi connectivity index (χ1) is 5.36. The highest BCUT2D eigenvalue weighted by Crippen LogP contribution is 2.23. The Balaban J connectivity index is 2.15. The molecule has 0 aliphatic carbocycles. The number of rotatable bonds is 1. The Labute approximate surface area is 63.5 Å². The molecule has 1 aromatic heterocycles. The quantitative estimate of drug-likeness (QED) is 0.625. The lowest BCUT2D eigenvalue weighted by molar-refractivity contribution is 0.189. The van der Waals surface area contributed by atoms with Crippen LogP contribution in [0.25, 0.3) is 0 Å². The van der Waals surface area contributed by atoms with Crippen LogP contribution in [-0.4, -0.2) is 23.4 Å². The van der Waals surface area contributed by atoms with Gasteiger partial charge in [0.15, 0.2) is 0 Å². The van der Waals surface area contributed by atoms with Crippen molar-refractivity contribution in [2.75, 3.05) is 18.9 Å². The minimum absolute atomic E-state index is 0.201. The summed E-state index contributed by atoms with van der Waals surface area (Å²) < 4.78 is 10.0. The van der Waals surface area contributed by atoms with Crippen LogP contribution < -0.4 is 5.73 Å². The van der Waals surface area contributed by atoms with Crippen molar-refractivity contribution >= 4 is 5.95 Å². The van der Waals surface area contributed by atoms with Gasteiger partial charge in [-0.15, -0.1) is 0 Å². The first-order valence-electron chi connectivity index (χ1n) is 3.53. The first kappa shape index (κ1) is 6.60. The van der Waals surface area contributed by atoms with Gasteiger partial charge < -0.3 is 15.0 Å². The highest BCUT2D eigenvalue weighted by Gasteiger charge is 2.23. The van der Waals surface area contributed by atoms with Crippen molar-refractivity contribution in [1.82, 2.24) is 10.1 Å². The molecule has 2 heterocycles. The average molecular weight is 155 g/mol. The lowest BCUT2D eigenvalue weighted by Gasteiger charge is -1.96. The van der Waals surface area contributed by atoms with Crippen molar-refractivity contribution in [1.29, 1.82) is 0 Å². The second-order valence-corrected chi connectivity index (χ2v) is 2.55. The van der Waals surface area contributed by atoms with Gasteiger partial charge in [-0.1, -0.05) is 0 Å². The zero-order valence-electron chi connectivity index (χ0n) is 5.99. The third kappa shape index (κ3) is 1.19. The van der Waals surface area contributed by atoms with E-state index in [1.54, 1.807) is 0 Å². The van der Waals surface area contributed by atoms with E-state index >= 15 is 0 Å². The molecule has 1 unspecified atom stereocenters. The van der Waals surface area contributed by atoms with Crippen molar-refractivity contribution in [3.63, 3.8) is 0 Å². The van der Waals surface area contributed by atoms with E-state index in [2.05, 4.69) is 10.1 Å². The number of aromatic nitrogens is 2. The average Bonchev–Trinajstić information content (AvgIpc) is 2.55. The molecule has 0 amide bonds. The number of nitrogen functional groups attached to an aromatic ring is 1. The molecule has 60 valence electrons. The topological polar surface area (TPSA) is 74.2 Å². The van der Waals surface area contributed by atoms with Gasteiger partial charge in [0.25, 0.3) is 5.95 Å². The standard InChI is InChI=1S/C6H9N3O2/c7-6-8-5(11-9-6)4-1-2-10-3-4/h4H,1-3H2,(H2,7,9). The van der Waals surface area contributed by atoms with Gasteiger partial charge in [-0.25, -0.2) is 0 Å². The first-order valence-corrected chi connectivity index (χ1v) is 3.53. The van der Waals surface area contributed by atoms with Crippen LogP contribution in [0.1, 0.15) is 18.2 Å². The lowest BCUT2D eigenvalue weighted by atomic mass is 10.1. The van der Waals surface area contributed by atoms with Gasteiger partial charge in [0, 0.05) is 6.61 Å². The predicted octanol–water partition coefficient (Wildman–Crippen LogP) is 0.156. The van der Waals surface area contributed by atoms with E-state index in [1.807, 2.05) is 0 Å². The highest BCUT2D eigenvalue weighted by atomic mass is 16.5. The molecule has 5 nitrogen and oxygen atoms in total. The largest absolute Gasteiger partial charge is 0.381 e. The van der Waals surface area contributed by atoms with E-state index in [-0.39, 0.29) is 11.9 Å². The van der Waals surface area contributed by atoms with Crippen molar-refractivity contribution < 1.29 is 9.26 Å². The van der Waals surface area contributed by atoms with Gasteiger partial charge in [-0.2, -0.15) is 4.98 Å². The van der Waals surface area contributed by atoms with E-state index in [0.29, 0.717) is 12.5 Å². The smallest absolute Gasteiger partial charge is 0.260 e. The van der Waals surface area contributed by atoms with Gasteiger partial charge in [0.05, 0.1) is 12.5 Å². The third-order valence-corrected chi connectivity index (χ3v) is 1.74. The summed E-state index contributed by atoms with van der Waals surface area (Å²) in [6.07, 6.45) is 0.946. The van der Waals surface area contributed by atoms with Crippen molar-refractivity contribution in [3.05, 3.63) is 5.89 Å². The fourth-order valence-electron chi connectivity index (χ4n) is 1.14. The molecule has 0 radical (unpaired) electrons. The molecule has 1 aromatic rings. The molecule has 5 heteroatoms. The Morgan fingerprint density at radius 2 is 2.45 bits per heavy atom. The third-order valence-electron chi connectivity index (χ3n) is 1.74. The molecule has 2 N–H and O–H groups in total. The number of anilines is 1. The van der Waals surface area contributed by atoms with E-state index in [4.69, 9.17) is 15.0 Å². The number of ether oxygens (including phenoxy) is 1. The maximum Gasteiger partial charge on any atom is 0.260 e. The number of nitrogens with two attached hydrogens (primary N) is 1. The van der Waals surface area contributed by atoms with Crippen molar-refractivity contribution in [2.24, 2.45) is 0 Å². The van der Waals surface area contributed by atoms with Gasteiger partial charge in [0.2, 0.25) is 5.89 Å². The minimum atomic E-state index is 0.201.